The van der Waals surface area contributed by atoms with Crippen molar-refractivity contribution < 1.29 is 0 Å². The lowest BCUT2D eigenvalue weighted by Gasteiger charge is -2.19. The van der Waals surface area contributed by atoms with E-state index in [1.54, 1.807) is 0 Å². The summed E-state index contributed by atoms with van der Waals surface area (Å²) in [5.74, 6) is 0.517. The zero-order chi connectivity index (χ0) is 10.7. The average molecular weight is 321 g/mol. The number of hydrogen-bond donors (Lipinski definition) is 1. The highest BCUT2D eigenvalue weighted by molar-refractivity contribution is 9.13. The molecule has 2 N–H and O–H groups in total. The van der Waals surface area contributed by atoms with Crippen LogP contribution in [0.4, 0.5) is 0 Å². The molecule has 78 valence electrons. The van der Waals surface area contributed by atoms with Crippen molar-refractivity contribution in [1.82, 2.24) is 0 Å². The second-order valence-electron chi connectivity index (χ2n) is 3.58. The van der Waals surface area contributed by atoms with Crippen molar-refractivity contribution in [2.24, 2.45) is 11.7 Å². The Morgan fingerprint density at radius 1 is 1.29 bits per heavy atom. The fourth-order valence-electron chi connectivity index (χ4n) is 1.30. The molecule has 0 heterocycles. The highest BCUT2D eigenvalue weighted by Gasteiger charge is 2.13. The Morgan fingerprint density at radius 3 is 2.43 bits per heavy atom. The number of halogens is 2. The highest BCUT2D eigenvalue weighted by Crippen LogP contribution is 2.29. The first-order valence-electron chi connectivity index (χ1n) is 4.76. The molecular formula is C11H15Br2N. The quantitative estimate of drug-likeness (QED) is 0.884. The first kappa shape index (κ1) is 12.2. The van der Waals surface area contributed by atoms with E-state index in [0.717, 1.165) is 15.4 Å². The molecule has 1 nitrogen and oxygen atoms in total. The maximum Gasteiger partial charge on any atom is 0.0321 e. The van der Waals surface area contributed by atoms with Crippen molar-refractivity contribution >= 4 is 31.9 Å². The van der Waals surface area contributed by atoms with Crippen LogP contribution in [0.1, 0.15) is 31.9 Å². The molecule has 1 unspecified atom stereocenters. The van der Waals surface area contributed by atoms with Gasteiger partial charge in [0, 0.05) is 15.0 Å². The lowest BCUT2D eigenvalue weighted by molar-refractivity contribution is 0.456. The predicted octanol–water partition coefficient (Wildman–Crippen LogP) is 4.26. The summed E-state index contributed by atoms with van der Waals surface area (Å²) in [7, 11) is 0. The summed E-state index contributed by atoms with van der Waals surface area (Å²) in [6, 6.07) is 6.32. The molecule has 3 heteroatoms. The summed E-state index contributed by atoms with van der Waals surface area (Å²) in [6.07, 6.45) is 1.11. The van der Waals surface area contributed by atoms with Crippen LogP contribution in [0.15, 0.2) is 27.1 Å². The molecule has 0 amide bonds. The Labute approximate surface area is 102 Å². The third-order valence-corrected chi connectivity index (χ3v) is 4.47. The molecule has 14 heavy (non-hydrogen) atoms. The zero-order valence-electron chi connectivity index (χ0n) is 8.43. The Balaban J connectivity index is 2.91. The summed E-state index contributed by atoms with van der Waals surface area (Å²) >= 11 is 6.93. The van der Waals surface area contributed by atoms with E-state index < -0.39 is 0 Å². The van der Waals surface area contributed by atoms with Crippen LogP contribution in [0.3, 0.4) is 0 Å². The van der Waals surface area contributed by atoms with Gasteiger partial charge in [0.2, 0.25) is 0 Å². The van der Waals surface area contributed by atoms with E-state index in [9.17, 15) is 0 Å². The Hall–Kier alpha value is 0.140. The average Bonchev–Trinajstić information content (AvgIpc) is 2.20. The zero-order valence-corrected chi connectivity index (χ0v) is 11.6. The summed E-state index contributed by atoms with van der Waals surface area (Å²) < 4.78 is 2.13. The molecule has 1 aromatic carbocycles. The minimum atomic E-state index is 0.129. The normalized spacial score (nSPS) is 15.2. The van der Waals surface area contributed by atoms with E-state index in [1.807, 2.05) is 6.07 Å². The molecule has 2 atom stereocenters. The Bertz CT molecular complexity index is 312. The lowest BCUT2D eigenvalue weighted by atomic mass is 9.93. The smallest absolute Gasteiger partial charge is 0.0321 e. The number of benzene rings is 1. The molecule has 0 aliphatic rings. The first-order chi connectivity index (χ1) is 6.56. The van der Waals surface area contributed by atoms with E-state index in [4.69, 9.17) is 5.73 Å². The van der Waals surface area contributed by atoms with E-state index in [1.165, 1.54) is 5.56 Å². The number of hydrogen-bond acceptors (Lipinski definition) is 1. The Morgan fingerprint density at radius 2 is 1.93 bits per heavy atom. The van der Waals surface area contributed by atoms with Gasteiger partial charge >= 0.3 is 0 Å². The Kier molecular flexibility index (Phi) is 4.61. The second-order valence-corrected chi connectivity index (χ2v) is 5.29. The molecule has 0 fully saturated rings. The number of nitrogens with two attached hydrogens (primary N) is 1. The second kappa shape index (κ2) is 5.29. The molecule has 0 spiro atoms. The number of rotatable bonds is 3. The van der Waals surface area contributed by atoms with Gasteiger partial charge in [0.15, 0.2) is 0 Å². The summed E-state index contributed by atoms with van der Waals surface area (Å²) in [5.41, 5.74) is 7.32. The van der Waals surface area contributed by atoms with Gasteiger partial charge in [-0.15, -0.1) is 0 Å². The third-order valence-electron chi connectivity index (χ3n) is 2.59. The molecule has 0 saturated carbocycles. The summed E-state index contributed by atoms with van der Waals surface area (Å²) in [6.45, 7) is 4.35. The van der Waals surface area contributed by atoms with Crippen LogP contribution in [0.2, 0.25) is 0 Å². The van der Waals surface area contributed by atoms with Gasteiger partial charge in [0.1, 0.15) is 0 Å². The topological polar surface area (TPSA) is 26.0 Å². The van der Waals surface area contributed by atoms with E-state index >= 15 is 0 Å². The van der Waals surface area contributed by atoms with Crippen molar-refractivity contribution in [1.29, 1.82) is 0 Å². The molecular weight excluding hydrogens is 306 g/mol. The molecule has 1 aromatic rings. The van der Waals surface area contributed by atoms with E-state index in [2.05, 4.69) is 57.8 Å². The standard InChI is InChI=1S/C11H15Br2N/c1-3-7(2)11(14)8-4-5-9(12)10(13)6-8/h4-7,11H,3,14H2,1-2H3/t7?,11-/m0/s1. The van der Waals surface area contributed by atoms with Crippen molar-refractivity contribution in [3.8, 4) is 0 Å². The van der Waals surface area contributed by atoms with Gasteiger partial charge in [0.05, 0.1) is 0 Å². The molecule has 0 aliphatic carbocycles. The highest BCUT2D eigenvalue weighted by atomic mass is 79.9. The molecule has 0 radical (unpaired) electrons. The fraction of sp³-hybridized carbons (Fsp3) is 0.455. The van der Waals surface area contributed by atoms with Crippen molar-refractivity contribution in [3.63, 3.8) is 0 Å². The lowest BCUT2D eigenvalue weighted by Crippen LogP contribution is -2.18. The molecule has 0 aromatic heterocycles. The molecule has 0 saturated heterocycles. The van der Waals surface area contributed by atoms with Crippen molar-refractivity contribution in [3.05, 3.63) is 32.7 Å². The van der Waals surface area contributed by atoms with Crippen LogP contribution in [0.25, 0.3) is 0 Å². The van der Waals surface area contributed by atoms with Gasteiger partial charge in [0.25, 0.3) is 0 Å². The van der Waals surface area contributed by atoms with Crippen molar-refractivity contribution in [2.45, 2.75) is 26.3 Å². The van der Waals surface area contributed by atoms with Crippen molar-refractivity contribution in [2.75, 3.05) is 0 Å². The van der Waals surface area contributed by atoms with Gasteiger partial charge in [-0.3, -0.25) is 0 Å². The molecule has 0 bridgehead atoms. The van der Waals surface area contributed by atoms with E-state index in [0.29, 0.717) is 5.92 Å². The summed E-state index contributed by atoms with van der Waals surface area (Å²) in [5, 5.41) is 0. The van der Waals surface area contributed by atoms with Gasteiger partial charge in [-0.1, -0.05) is 26.3 Å². The minimum Gasteiger partial charge on any atom is -0.324 e. The van der Waals surface area contributed by atoms with Crippen LogP contribution in [0, 0.1) is 5.92 Å². The van der Waals surface area contributed by atoms with Gasteiger partial charge in [-0.05, 0) is 55.5 Å². The van der Waals surface area contributed by atoms with Crippen LogP contribution in [-0.4, -0.2) is 0 Å². The SMILES string of the molecule is CCC(C)[C@H](N)c1ccc(Br)c(Br)c1. The van der Waals surface area contributed by atoms with Crippen LogP contribution in [0.5, 0.6) is 0 Å². The van der Waals surface area contributed by atoms with Gasteiger partial charge < -0.3 is 5.73 Å². The summed E-state index contributed by atoms with van der Waals surface area (Å²) in [4.78, 5) is 0. The largest absolute Gasteiger partial charge is 0.324 e. The van der Waals surface area contributed by atoms with Gasteiger partial charge in [-0.2, -0.15) is 0 Å². The maximum absolute atomic E-state index is 6.13. The van der Waals surface area contributed by atoms with Crippen LogP contribution < -0.4 is 5.73 Å². The fourth-order valence-corrected chi connectivity index (χ4v) is 1.95. The first-order valence-corrected chi connectivity index (χ1v) is 6.35. The van der Waals surface area contributed by atoms with E-state index in [-0.39, 0.29) is 6.04 Å². The maximum atomic E-state index is 6.13. The van der Waals surface area contributed by atoms with Gasteiger partial charge in [-0.25, -0.2) is 0 Å². The van der Waals surface area contributed by atoms with Crippen LogP contribution >= 0.6 is 31.9 Å². The molecule has 1 rings (SSSR count). The minimum absolute atomic E-state index is 0.129. The molecule has 0 aliphatic heterocycles. The monoisotopic (exact) mass is 319 g/mol. The van der Waals surface area contributed by atoms with Crippen LogP contribution in [-0.2, 0) is 0 Å². The predicted molar refractivity (Wildman–Crippen MR) is 68.2 cm³/mol. The third kappa shape index (κ3) is 2.81.